The molecule has 0 radical (unpaired) electrons. The second kappa shape index (κ2) is 12.9. The van der Waals surface area contributed by atoms with E-state index in [-0.39, 0.29) is 11.8 Å². The second-order valence-corrected chi connectivity index (χ2v) is 11.3. The molecule has 1 aliphatic carbocycles. The van der Waals surface area contributed by atoms with Crippen LogP contribution in [0, 0.1) is 0 Å². The molecule has 1 aliphatic rings. The summed E-state index contributed by atoms with van der Waals surface area (Å²) in [5, 5.41) is 6.00. The lowest BCUT2D eigenvalue weighted by atomic mass is 10.1. The third-order valence-electron chi connectivity index (χ3n) is 6.24. The quantitative estimate of drug-likeness (QED) is 0.174. The lowest BCUT2D eigenvalue weighted by Gasteiger charge is -2.18. The predicted molar refractivity (Wildman–Crippen MR) is 151 cm³/mol. The lowest BCUT2D eigenvalue weighted by molar-refractivity contribution is -0.116. The van der Waals surface area contributed by atoms with E-state index in [4.69, 9.17) is 4.74 Å². The molecule has 3 aromatic rings. The molecule has 37 heavy (non-hydrogen) atoms. The van der Waals surface area contributed by atoms with Gasteiger partial charge in [-0.15, -0.1) is 23.1 Å². The highest BCUT2D eigenvalue weighted by molar-refractivity contribution is 8.00. The largest absolute Gasteiger partial charge is 0.465 e. The molecule has 0 fully saturated rings. The van der Waals surface area contributed by atoms with Gasteiger partial charge in [-0.3, -0.25) is 9.59 Å². The number of anilines is 2. The zero-order chi connectivity index (χ0) is 26.2. The van der Waals surface area contributed by atoms with Crippen molar-refractivity contribution in [3.8, 4) is 0 Å². The predicted octanol–water partition coefficient (Wildman–Crippen LogP) is 7.01. The minimum Gasteiger partial charge on any atom is -0.465 e. The summed E-state index contributed by atoms with van der Waals surface area (Å²) in [5.74, 6) is -0.651. The Morgan fingerprint density at radius 2 is 1.78 bits per heavy atom. The van der Waals surface area contributed by atoms with Crippen LogP contribution in [0.15, 0.2) is 59.5 Å². The topological polar surface area (TPSA) is 84.5 Å². The number of thioether (sulfide) groups is 1. The van der Waals surface area contributed by atoms with E-state index in [1.807, 2.05) is 61.5 Å². The van der Waals surface area contributed by atoms with Gasteiger partial charge in [-0.2, -0.15) is 0 Å². The summed E-state index contributed by atoms with van der Waals surface area (Å²) in [4.78, 5) is 40.6. The van der Waals surface area contributed by atoms with E-state index in [9.17, 15) is 14.4 Å². The van der Waals surface area contributed by atoms with Gasteiger partial charge in [0.15, 0.2) is 0 Å². The zero-order valence-electron chi connectivity index (χ0n) is 21.2. The van der Waals surface area contributed by atoms with Crippen LogP contribution in [0.3, 0.4) is 0 Å². The van der Waals surface area contributed by atoms with Crippen molar-refractivity contribution in [2.45, 2.75) is 62.0 Å². The molecule has 194 valence electrons. The molecule has 6 nitrogen and oxygen atoms in total. The average Bonchev–Trinajstić information content (AvgIpc) is 3.07. The van der Waals surface area contributed by atoms with Crippen LogP contribution in [0.2, 0.25) is 0 Å². The van der Waals surface area contributed by atoms with E-state index in [1.165, 1.54) is 30.2 Å². The fraction of sp³-hybridized carbons (Fsp3) is 0.345. The van der Waals surface area contributed by atoms with E-state index in [0.717, 1.165) is 59.4 Å². The van der Waals surface area contributed by atoms with E-state index >= 15 is 0 Å². The van der Waals surface area contributed by atoms with Crippen molar-refractivity contribution in [3.05, 3.63) is 76.2 Å². The molecule has 0 saturated heterocycles. The van der Waals surface area contributed by atoms with Gasteiger partial charge in [0.1, 0.15) is 10.3 Å². The minimum atomic E-state index is -0.560. The first-order valence-electron chi connectivity index (χ1n) is 12.6. The van der Waals surface area contributed by atoms with Gasteiger partial charge in [0.25, 0.3) is 0 Å². The Labute approximate surface area is 226 Å². The number of nitrogens with one attached hydrogen (secondary N) is 2. The molecule has 1 atom stereocenters. The van der Waals surface area contributed by atoms with Gasteiger partial charge in [0.05, 0.1) is 12.7 Å². The number of carbonyl (C=O) groups excluding carboxylic acids is 3. The number of benzene rings is 2. The molecule has 2 amide bonds. The van der Waals surface area contributed by atoms with Gasteiger partial charge in [0, 0.05) is 21.9 Å². The fourth-order valence-electron chi connectivity index (χ4n) is 4.46. The summed E-state index contributed by atoms with van der Waals surface area (Å²) in [5.41, 5.74) is 3.06. The van der Waals surface area contributed by atoms with Crippen LogP contribution in [0.1, 0.15) is 70.6 Å². The number of ether oxygens (including phenoxy) is 1. The van der Waals surface area contributed by atoms with Crippen LogP contribution in [0.4, 0.5) is 10.7 Å². The molecule has 0 bridgehead atoms. The molecule has 0 saturated carbocycles. The number of hydrogen-bond donors (Lipinski definition) is 2. The Balaban J connectivity index is 1.62. The third-order valence-corrected chi connectivity index (χ3v) is 8.69. The van der Waals surface area contributed by atoms with Crippen LogP contribution in [0.25, 0.3) is 0 Å². The molecular formula is C29H32N2O4S2. The maximum absolute atomic E-state index is 13.8. The number of carbonyl (C=O) groups is 3. The van der Waals surface area contributed by atoms with Crippen molar-refractivity contribution in [3.63, 3.8) is 0 Å². The van der Waals surface area contributed by atoms with Crippen molar-refractivity contribution < 1.29 is 19.1 Å². The van der Waals surface area contributed by atoms with Gasteiger partial charge in [-0.1, -0.05) is 49.7 Å². The Hall–Kier alpha value is -3.10. The maximum Gasteiger partial charge on any atom is 0.341 e. The summed E-state index contributed by atoms with van der Waals surface area (Å²) in [6.45, 7) is 1.96. The number of aryl methyl sites for hydroxylation is 1. The summed E-state index contributed by atoms with van der Waals surface area (Å²) in [7, 11) is 1.38. The van der Waals surface area contributed by atoms with E-state index in [0.29, 0.717) is 22.7 Å². The van der Waals surface area contributed by atoms with Gasteiger partial charge in [-0.05, 0) is 61.4 Å². The standard InChI is InChI=1S/C29H32N2O4S2/c1-3-11-24(32)30-20-14-10-15-21(18-20)36-26(19-12-6-4-7-13-19)27(33)31-28-25(29(34)35-2)22-16-8-5-9-17-23(22)37-28/h4,6-7,10,12-15,18,26H,3,5,8-9,11,16-17H2,1-2H3,(H,30,32)(H,31,33). The van der Waals surface area contributed by atoms with E-state index < -0.39 is 11.2 Å². The fourth-order valence-corrected chi connectivity index (χ4v) is 6.82. The molecule has 2 aromatic carbocycles. The number of amides is 2. The minimum absolute atomic E-state index is 0.0326. The Morgan fingerprint density at radius 3 is 2.54 bits per heavy atom. The van der Waals surface area contributed by atoms with Crippen molar-refractivity contribution in [1.29, 1.82) is 0 Å². The van der Waals surface area contributed by atoms with Gasteiger partial charge in [0.2, 0.25) is 11.8 Å². The Morgan fingerprint density at radius 1 is 1.00 bits per heavy atom. The first kappa shape index (κ1) is 26.9. The summed E-state index contributed by atoms with van der Waals surface area (Å²) >= 11 is 2.90. The highest BCUT2D eigenvalue weighted by Gasteiger charge is 2.29. The normalized spacial score (nSPS) is 13.7. The number of fused-ring (bicyclic) bond motifs is 1. The van der Waals surface area contributed by atoms with Crippen molar-refractivity contribution in [1.82, 2.24) is 0 Å². The highest BCUT2D eigenvalue weighted by Crippen LogP contribution is 2.41. The lowest BCUT2D eigenvalue weighted by Crippen LogP contribution is -2.20. The van der Waals surface area contributed by atoms with Crippen LogP contribution < -0.4 is 10.6 Å². The van der Waals surface area contributed by atoms with E-state index in [1.54, 1.807) is 0 Å². The molecule has 1 unspecified atom stereocenters. The molecular weight excluding hydrogens is 504 g/mol. The summed E-state index contributed by atoms with van der Waals surface area (Å²) < 4.78 is 5.10. The molecule has 8 heteroatoms. The van der Waals surface area contributed by atoms with Crippen molar-refractivity contribution in [2.24, 2.45) is 0 Å². The number of methoxy groups -OCH3 is 1. The number of rotatable bonds is 9. The Bertz CT molecular complexity index is 1260. The highest BCUT2D eigenvalue weighted by atomic mass is 32.2. The molecule has 0 aliphatic heterocycles. The van der Waals surface area contributed by atoms with Crippen LogP contribution in [-0.2, 0) is 27.2 Å². The molecule has 0 spiro atoms. The van der Waals surface area contributed by atoms with Gasteiger partial charge in [-0.25, -0.2) is 4.79 Å². The smallest absolute Gasteiger partial charge is 0.341 e. The van der Waals surface area contributed by atoms with Crippen LogP contribution >= 0.6 is 23.1 Å². The third kappa shape index (κ3) is 6.81. The molecule has 2 N–H and O–H groups in total. The average molecular weight is 537 g/mol. The van der Waals surface area contributed by atoms with E-state index in [2.05, 4.69) is 10.6 Å². The maximum atomic E-state index is 13.8. The van der Waals surface area contributed by atoms with Crippen LogP contribution in [0.5, 0.6) is 0 Å². The number of thiophene rings is 1. The van der Waals surface area contributed by atoms with Gasteiger partial charge >= 0.3 is 5.97 Å². The summed E-state index contributed by atoms with van der Waals surface area (Å²) in [6, 6.07) is 17.1. The first-order chi connectivity index (χ1) is 18.0. The molecule has 1 heterocycles. The number of esters is 1. The van der Waals surface area contributed by atoms with Crippen molar-refractivity contribution >= 4 is 51.6 Å². The number of hydrogen-bond acceptors (Lipinski definition) is 6. The second-order valence-electron chi connectivity index (χ2n) is 8.98. The Kier molecular flexibility index (Phi) is 9.41. The van der Waals surface area contributed by atoms with Gasteiger partial charge < -0.3 is 15.4 Å². The van der Waals surface area contributed by atoms with Crippen molar-refractivity contribution in [2.75, 3.05) is 17.7 Å². The molecule has 1 aromatic heterocycles. The first-order valence-corrected chi connectivity index (χ1v) is 14.3. The SMILES string of the molecule is CCCC(=O)Nc1cccc(SC(C(=O)Nc2sc3c(c2C(=O)OC)CCCCC3)c2ccccc2)c1. The summed E-state index contributed by atoms with van der Waals surface area (Å²) in [6.07, 6.45) is 6.20. The zero-order valence-corrected chi connectivity index (χ0v) is 22.8. The monoisotopic (exact) mass is 536 g/mol. The molecule has 4 rings (SSSR count). The van der Waals surface area contributed by atoms with Crippen LogP contribution in [-0.4, -0.2) is 24.9 Å².